The summed E-state index contributed by atoms with van der Waals surface area (Å²) in [7, 11) is 0. The van der Waals surface area contributed by atoms with Crippen molar-refractivity contribution in [3.8, 4) is 16.9 Å². The summed E-state index contributed by atoms with van der Waals surface area (Å²) in [5, 5.41) is 9.68. The van der Waals surface area contributed by atoms with E-state index >= 15 is 0 Å². The highest BCUT2D eigenvalue weighted by Gasteiger charge is 2.37. The molecule has 0 aliphatic rings. The molecule has 0 atom stereocenters. The van der Waals surface area contributed by atoms with E-state index in [9.17, 15) is 31.4 Å². The number of alkyl halides is 6. The Bertz CT molecular complexity index is 657. The van der Waals surface area contributed by atoms with E-state index in [1.807, 2.05) is 0 Å². The molecule has 0 fully saturated rings. The minimum Gasteiger partial charge on any atom is -0.507 e. The highest BCUT2D eigenvalue weighted by atomic mass is 19.4. The van der Waals surface area contributed by atoms with Crippen molar-refractivity contribution in [1.29, 1.82) is 0 Å². The maximum absolute atomic E-state index is 12.9. The van der Waals surface area contributed by atoms with E-state index in [0.717, 1.165) is 30.3 Å². The lowest BCUT2D eigenvalue weighted by Gasteiger charge is -2.16. The fraction of sp³-hybridized carbons (Fsp3) is 0.143. The topological polar surface area (TPSA) is 20.2 Å². The molecule has 2 aromatic rings. The van der Waals surface area contributed by atoms with Gasteiger partial charge in [-0.1, -0.05) is 30.3 Å². The van der Waals surface area contributed by atoms with Crippen molar-refractivity contribution < 1.29 is 31.4 Å². The number of phenols is 1. The maximum Gasteiger partial charge on any atom is 0.419 e. The van der Waals surface area contributed by atoms with Crippen molar-refractivity contribution in [3.63, 3.8) is 0 Å². The molecule has 0 saturated heterocycles. The van der Waals surface area contributed by atoms with Gasteiger partial charge in [0.2, 0.25) is 0 Å². The first-order valence-corrected chi connectivity index (χ1v) is 5.68. The first-order valence-electron chi connectivity index (χ1n) is 5.68. The molecule has 0 bridgehead atoms. The molecule has 2 aromatic carbocycles. The number of hydrogen-bond donors (Lipinski definition) is 1. The van der Waals surface area contributed by atoms with Crippen LogP contribution in [0.5, 0.6) is 5.75 Å². The molecule has 0 amide bonds. The molecule has 2 rings (SSSR count). The summed E-state index contributed by atoms with van der Waals surface area (Å²) in [5.41, 5.74) is -3.51. The van der Waals surface area contributed by atoms with Gasteiger partial charge in [0, 0.05) is 5.56 Å². The van der Waals surface area contributed by atoms with Crippen molar-refractivity contribution in [2.24, 2.45) is 0 Å². The molecule has 7 heteroatoms. The Hall–Kier alpha value is -2.18. The predicted octanol–water partition coefficient (Wildman–Crippen LogP) is 5.10. The first-order chi connectivity index (χ1) is 9.62. The monoisotopic (exact) mass is 306 g/mol. The fourth-order valence-electron chi connectivity index (χ4n) is 1.95. The van der Waals surface area contributed by atoms with Crippen molar-refractivity contribution in [2.45, 2.75) is 12.4 Å². The number of hydrogen-bond acceptors (Lipinski definition) is 1. The summed E-state index contributed by atoms with van der Waals surface area (Å²) < 4.78 is 76.8. The molecule has 0 radical (unpaired) electrons. The van der Waals surface area contributed by atoms with Crippen molar-refractivity contribution in [2.75, 3.05) is 0 Å². The number of phenolic OH excluding ortho intramolecular Hbond substituents is 1. The largest absolute Gasteiger partial charge is 0.507 e. The lowest BCUT2D eigenvalue weighted by Crippen LogP contribution is -2.08. The van der Waals surface area contributed by atoms with Crippen molar-refractivity contribution in [1.82, 2.24) is 0 Å². The van der Waals surface area contributed by atoms with Gasteiger partial charge in [-0.3, -0.25) is 0 Å². The van der Waals surface area contributed by atoms with Crippen LogP contribution in [0, 0.1) is 0 Å². The van der Waals surface area contributed by atoms with E-state index in [1.54, 1.807) is 0 Å². The Kier molecular flexibility index (Phi) is 3.61. The molecular formula is C14H8F6O. The van der Waals surface area contributed by atoms with Gasteiger partial charge in [0.05, 0.1) is 11.1 Å². The van der Waals surface area contributed by atoms with Crippen LogP contribution in [0.15, 0.2) is 42.5 Å². The van der Waals surface area contributed by atoms with Crippen LogP contribution in [0.3, 0.4) is 0 Å². The second-order valence-electron chi connectivity index (χ2n) is 4.24. The molecule has 21 heavy (non-hydrogen) atoms. The van der Waals surface area contributed by atoms with E-state index in [-0.39, 0.29) is 0 Å². The maximum atomic E-state index is 12.9. The summed E-state index contributed by atoms with van der Waals surface area (Å²) in [6.45, 7) is 0. The van der Waals surface area contributed by atoms with Crippen LogP contribution in [0.2, 0.25) is 0 Å². The molecular weight excluding hydrogens is 298 g/mol. The Labute approximate surface area is 115 Å². The summed E-state index contributed by atoms with van der Waals surface area (Å²) in [5.74, 6) is -1.22. The highest BCUT2D eigenvalue weighted by Crippen LogP contribution is 2.44. The third-order valence-corrected chi connectivity index (χ3v) is 2.86. The minimum absolute atomic E-state index is 0.506. The average Bonchev–Trinajstić information content (AvgIpc) is 2.36. The normalized spacial score (nSPS) is 12.5. The summed E-state index contributed by atoms with van der Waals surface area (Å²) >= 11 is 0. The zero-order valence-corrected chi connectivity index (χ0v) is 10.3. The van der Waals surface area contributed by atoms with Crippen LogP contribution in [0.1, 0.15) is 11.1 Å². The number of aromatic hydroxyl groups is 1. The Morgan fingerprint density at radius 2 is 1.10 bits per heavy atom. The summed E-state index contributed by atoms with van der Waals surface area (Å²) in [6.07, 6.45) is -9.59. The van der Waals surface area contributed by atoms with Crippen molar-refractivity contribution in [3.05, 3.63) is 53.6 Å². The van der Waals surface area contributed by atoms with E-state index in [1.165, 1.54) is 6.07 Å². The highest BCUT2D eigenvalue weighted by molar-refractivity contribution is 5.75. The van der Waals surface area contributed by atoms with Crippen LogP contribution < -0.4 is 0 Å². The molecule has 1 N–H and O–H groups in total. The van der Waals surface area contributed by atoms with Crippen LogP contribution >= 0.6 is 0 Å². The smallest absolute Gasteiger partial charge is 0.419 e. The standard InChI is InChI=1S/C14H8F6O/c15-13(16,17)10-6-2-1-4-8(10)9-5-3-7-11(12(9)21)14(18,19)20/h1-7,21H. The number of benzene rings is 2. The number of rotatable bonds is 1. The molecule has 1 nitrogen and oxygen atoms in total. The average molecular weight is 306 g/mol. The minimum atomic E-state index is -4.85. The first kappa shape index (κ1) is 15.2. The second-order valence-corrected chi connectivity index (χ2v) is 4.24. The van der Waals surface area contributed by atoms with Crippen LogP contribution in [-0.2, 0) is 12.4 Å². The molecule has 0 aromatic heterocycles. The van der Waals surface area contributed by atoms with Crippen LogP contribution in [-0.4, -0.2) is 5.11 Å². The van der Waals surface area contributed by atoms with Gasteiger partial charge in [-0.05, 0) is 17.7 Å². The van der Waals surface area contributed by atoms with Gasteiger partial charge in [-0.15, -0.1) is 0 Å². The fourth-order valence-corrected chi connectivity index (χ4v) is 1.95. The lowest BCUT2D eigenvalue weighted by atomic mass is 9.96. The van der Waals surface area contributed by atoms with E-state index < -0.39 is 40.4 Å². The van der Waals surface area contributed by atoms with Crippen LogP contribution in [0.4, 0.5) is 26.3 Å². The molecule has 0 unspecified atom stereocenters. The third-order valence-electron chi connectivity index (χ3n) is 2.86. The van der Waals surface area contributed by atoms with E-state index in [0.29, 0.717) is 6.07 Å². The van der Waals surface area contributed by atoms with Crippen LogP contribution in [0.25, 0.3) is 11.1 Å². The Morgan fingerprint density at radius 1 is 0.619 bits per heavy atom. The molecule has 0 saturated carbocycles. The third kappa shape index (κ3) is 2.96. The summed E-state index contributed by atoms with van der Waals surface area (Å²) in [4.78, 5) is 0. The molecule has 0 aliphatic carbocycles. The molecule has 112 valence electrons. The molecule has 0 heterocycles. The molecule has 0 spiro atoms. The molecule has 0 aliphatic heterocycles. The van der Waals surface area contributed by atoms with E-state index in [4.69, 9.17) is 0 Å². The van der Waals surface area contributed by atoms with Crippen molar-refractivity contribution >= 4 is 0 Å². The van der Waals surface area contributed by atoms with Gasteiger partial charge >= 0.3 is 12.4 Å². The number of para-hydroxylation sites is 1. The zero-order chi connectivity index (χ0) is 15.8. The van der Waals surface area contributed by atoms with E-state index in [2.05, 4.69) is 0 Å². The Morgan fingerprint density at radius 3 is 1.67 bits per heavy atom. The van der Waals surface area contributed by atoms with Gasteiger partial charge in [-0.2, -0.15) is 26.3 Å². The van der Waals surface area contributed by atoms with Gasteiger partial charge in [0.25, 0.3) is 0 Å². The zero-order valence-electron chi connectivity index (χ0n) is 10.3. The number of halogens is 6. The van der Waals surface area contributed by atoms with Gasteiger partial charge < -0.3 is 5.11 Å². The lowest BCUT2D eigenvalue weighted by molar-refractivity contribution is -0.138. The SMILES string of the molecule is Oc1c(-c2ccccc2C(F)(F)F)cccc1C(F)(F)F. The summed E-state index contributed by atoms with van der Waals surface area (Å²) in [6, 6.07) is 6.70. The Balaban J connectivity index is 2.70. The predicted molar refractivity (Wildman–Crippen MR) is 63.5 cm³/mol. The second kappa shape index (κ2) is 4.98. The van der Waals surface area contributed by atoms with Gasteiger partial charge in [0.1, 0.15) is 5.75 Å². The quantitative estimate of drug-likeness (QED) is 0.727. The van der Waals surface area contributed by atoms with Gasteiger partial charge in [-0.25, -0.2) is 0 Å². The van der Waals surface area contributed by atoms with Gasteiger partial charge in [0.15, 0.2) is 0 Å².